The van der Waals surface area contributed by atoms with Crippen LogP contribution in [-0.4, -0.2) is 22.4 Å². The van der Waals surface area contributed by atoms with Crippen LogP contribution < -0.4 is 10.3 Å². The van der Waals surface area contributed by atoms with Gasteiger partial charge in [-0.2, -0.15) is 5.10 Å². The number of aromatic amines is 1. The molecule has 5 nitrogen and oxygen atoms in total. The van der Waals surface area contributed by atoms with E-state index in [4.69, 9.17) is 9.84 Å². The molecule has 0 aliphatic heterocycles. The molecule has 0 amide bonds. The van der Waals surface area contributed by atoms with Gasteiger partial charge in [-0.15, -0.1) is 0 Å². The Hall–Kier alpha value is -1.36. The molecule has 2 N–H and O–H groups in total. The average molecular weight is 156 g/mol. The predicted molar refractivity (Wildman–Crippen MR) is 37.3 cm³/mol. The quantitative estimate of drug-likeness (QED) is 0.592. The molecule has 5 heteroatoms. The molecule has 1 aromatic rings. The van der Waals surface area contributed by atoms with Gasteiger partial charge >= 0.3 is 5.56 Å². The summed E-state index contributed by atoms with van der Waals surface area (Å²) in [5, 5.41) is 14.3. The zero-order valence-electron chi connectivity index (χ0n) is 6.00. The fourth-order valence-corrected chi connectivity index (χ4v) is 0.659. The van der Waals surface area contributed by atoms with E-state index in [0.29, 0.717) is 5.69 Å². The number of aliphatic hydroxyl groups excluding tert-OH is 1. The fraction of sp³-hybridized carbons (Fsp3) is 0.333. The summed E-state index contributed by atoms with van der Waals surface area (Å²) < 4.78 is 4.69. The van der Waals surface area contributed by atoms with E-state index in [0.717, 1.165) is 0 Å². The zero-order valence-corrected chi connectivity index (χ0v) is 6.00. The molecular formula is C6H8N2O3. The van der Waals surface area contributed by atoms with Gasteiger partial charge < -0.3 is 9.84 Å². The molecule has 0 bridgehead atoms. The van der Waals surface area contributed by atoms with E-state index in [9.17, 15) is 4.79 Å². The first-order chi connectivity index (χ1) is 5.27. The van der Waals surface area contributed by atoms with Crippen LogP contribution in [0.5, 0.6) is 5.75 Å². The van der Waals surface area contributed by atoms with Crippen molar-refractivity contribution in [3.63, 3.8) is 0 Å². The first-order valence-electron chi connectivity index (χ1n) is 3.01. The van der Waals surface area contributed by atoms with Crippen LogP contribution in [0.1, 0.15) is 5.69 Å². The molecule has 1 aromatic heterocycles. The van der Waals surface area contributed by atoms with Crippen molar-refractivity contribution in [1.82, 2.24) is 10.2 Å². The van der Waals surface area contributed by atoms with Crippen LogP contribution in [0, 0.1) is 0 Å². The third kappa shape index (κ3) is 1.56. The maximum absolute atomic E-state index is 10.8. The standard InChI is InChI=1S/C6H8N2O3/c1-11-5-2-4(3-9)7-8-6(5)10/h2,9H,3H2,1H3,(H,8,10). The summed E-state index contributed by atoms with van der Waals surface area (Å²) >= 11 is 0. The third-order valence-electron chi connectivity index (χ3n) is 1.20. The van der Waals surface area contributed by atoms with Gasteiger partial charge in [-0.1, -0.05) is 0 Å². The minimum atomic E-state index is -0.398. The van der Waals surface area contributed by atoms with Crippen molar-refractivity contribution >= 4 is 0 Å². The monoisotopic (exact) mass is 156 g/mol. The van der Waals surface area contributed by atoms with Crippen molar-refractivity contribution in [3.8, 4) is 5.75 Å². The van der Waals surface area contributed by atoms with Crippen molar-refractivity contribution in [2.45, 2.75) is 6.61 Å². The molecule has 60 valence electrons. The fourth-order valence-electron chi connectivity index (χ4n) is 0.659. The Labute approximate surface area is 62.6 Å². The van der Waals surface area contributed by atoms with E-state index in [-0.39, 0.29) is 12.4 Å². The minimum absolute atomic E-state index is 0.157. The second-order valence-corrected chi connectivity index (χ2v) is 1.91. The normalized spacial score (nSPS) is 9.64. The number of methoxy groups -OCH3 is 1. The van der Waals surface area contributed by atoms with Crippen molar-refractivity contribution < 1.29 is 9.84 Å². The summed E-state index contributed by atoms with van der Waals surface area (Å²) in [6.45, 7) is -0.215. The molecule has 0 aliphatic rings. The molecule has 0 aliphatic carbocycles. The molecule has 11 heavy (non-hydrogen) atoms. The van der Waals surface area contributed by atoms with Gasteiger partial charge in [0, 0.05) is 6.07 Å². The van der Waals surface area contributed by atoms with Crippen LogP contribution in [0.2, 0.25) is 0 Å². The Morgan fingerprint density at radius 3 is 3.09 bits per heavy atom. The maximum atomic E-state index is 10.8. The number of hydrogen-bond donors (Lipinski definition) is 2. The number of hydrogen-bond acceptors (Lipinski definition) is 4. The second-order valence-electron chi connectivity index (χ2n) is 1.91. The largest absolute Gasteiger partial charge is 0.491 e. The first kappa shape index (κ1) is 7.74. The highest BCUT2D eigenvalue weighted by Crippen LogP contribution is 2.01. The van der Waals surface area contributed by atoms with Crippen molar-refractivity contribution in [2.24, 2.45) is 0 Å². The zero-order chi connectivity index (χ0) is 8.27. The van der Waals surface area contributed by atoms with Gasteiger partial charge in [0.15, 0.2) is 5.75 Å². The van der Waals surface area contributed by atoms with E-state index in [1.54, 1.807) is 0 Å². The van der Waals surface area contributed by atoms with E-state index >= 15 is 0 Å². The number of nitrogens with one attached hydrogen (secondary N) is 1. The topological polar surface area (TPSA) is 75.2 Å². The Morgan fingerprint density at radius 2 is 2.55 bits per heavy atom. The highest BCUT2D eigenvalue weighted by atomic mass is 16.5. The van der Waals surface area contributed by atoms with Gasteiger partial charge in [0.25, 0.3) is 0 Å². The number of nitrogens with zero attached hydrogens (tertiary/aromatic N) is 1. The van der Waals surface area contributed by atoms with E-state index in [2.05, 4.69) is 10.2 Å². The highest BCUT2D eigenvalue weighted by molar-refractivity contribution is 5.18. The summed E-state index contributed by atoms with van der Waals surface area (Å²) in [5.74, 6) is 0.157. The molecule has 0 fully saturated rings. The van der Waals surface area contributed by atoms with Crippen LogP contribution in [-0.2, 0) is 6.61 Å². The lowest BCUT2D eigenvalue weighted by molar-refractivity contribution is 0.274. The molecule has 0 spiro atoms. The van der Waals surface area contributed by atoms with Crippen molar-refractivity contribution in [3.05, 3.63) is 22.1 Å². The Kier molecular flexibility index (Phi) is 2.22. The number of aliphatic hydroxyl groups is 1. The molecule has 0 unspecified atom stereocenters. The average Bonchev–Trinajstić information content (AvgIpc) is 2.05. The summed E-state index contributed by atoms with van der Waals surface area (Å²) in [4.78, 5) is 10.8. The molecule has 0 aromatic carbocycles. The van der Waals surface area contributed by atoms with Gasteiger partial charge in [-0.05, 0) is 0 Å². The van der Waals surface area contributed by atoms with Gasteiger partial charge in [0.1, 0.15) is 0 Å². The number of ether oxygens (including phenoxy) is 1. The minimum Gasteiger partial charge on any atom is -0.491 e. The summed E-state index contributed by atoms with van der Waals surface area (Å²) in [6, 6.07) is 1.39. The van der Waals surface area contributed by atoms with Crippen molar-refractivity contribution in [2.75, 3.05) is 7.11 Å². The SMILES string of the molecule is COc1cc(CO)n[nH]c1=O. The third-order valence-corrected chi connectivity index (χ3v) is 1.20. The maximum Gasteiger partial charge on any atom is 0.306 e. The highest BCUT2D eigenvalue weighted by Gasteiger charge is 2.00. The van der Waals surface area contributed by atoms with Gasteiger partial charge in [-0.25, -0.2) is 5.10 Å². The van der Waals surface area contributed by atoms with Gasteiger partial charge in [0.2, 0.25) is 0 Å². The van der Waals surface area contributed by atoms with Crippen LogP contribution >= 0.6 is 0 Å². The Bertz CT molecular complexity index is 294. The van der Waals surface area contributed by atoms with Crippen LogP contribution in [0.25, 0.3) is 0 Å². The van der Waals surface area contributed by atoms with Crippen LogP contribution in [0.3, 0.4) is 0 Å². The Morgan fingerprint density at radius 1 is 1.82 bits per heavy atom. The number of H-pyrrole nitrogens is 1. The molecule has 1 heterocycles. The molecule has 1 rings (SSSR count). The summed E-state index contributed by atoms with van der Waals surface area (Å²) in [7, 11) is 1.38. The smallest absolute Gasteiger partial charge is 0.306 e. The lowest BCUT2D eigenvalue weighted by Crippen LogP contribution is -2.12. The predicted octanol–water partition coefficient (Wildman–Crippen LogP) is -0.729. The molecule has 0 atom stereocenters. The van der Waals surface area contributed by atoms with Gasteiger partial charge in [-0.3, -0.25) is 4.79 Å². The molecule has 0 saturated heterocycles. The lowest BCUT2D eigenvalue weighted by atomic mass is 10.4. The van der Waals surface area contributed by atoms with Crippen LogP contribution in [0.4, 0.5) is 0 Å². The summed E-state index contributed by atoms with van der Waals surface area (Å²) in [6.07, 6.45) is 0. The van der Waals surface area contributed by atoms with Crippen LogP contribution in [0.15, 0.2) is 10.9 Å². The number of aromatic nitrogens is 2. The van der Waals surface area contributed by atoms with E-state index in [1.165, 1.54) is 13.2 Å². The second kappa shape index (κ2) is 3.16. The summed E-state index contributed by atoms with van der Waals surface area (Å²) in [5.41, 5.74) is -0.0221. The molecule has 0 saturated carbocycles. The first-order valence-corrected chi connectivity index (χ1v) is 3.01. The number of rotatable bonds is 2. The Balaban J connectivity index is 3.13. The molecule has 0 radical (unpaired) electrons. The van der Waals surface area contributed by atoms with Gasteiger partial charge in [0.05, 0.1) is 19.4 Å². The van der Waals surface area contributed by atoms with E-state index in [1.807, 2.05) is 0 Å². The van der Waals surface area contributed by atoms with Crippen molar-refractivity contribution in [1.29, 1.82) is 0 Å². The lowest BCUT2D eigenvalue weighted by Gasteiger charge is -1.98. The molecular weight excluding hydrogens is 148 g/mol. The van der Waals surface area contributed by atoms with E-state index < -0.39 is 5.56 Å².